The molecule has 0 N–H and O–H groups in total. The van der Waals surface area contributed by atoms with Gasteiger partial charge in [-0.1, -0.05) is 95.7 Å². The standard InChI is InChI=1S/C29H34Cl2Si/c1-18(2)19-15-24(20-13-21(28(3,4)5)17-22(14-20)29(6,7)8)27-23-11-9-10-12-25(23)32(30,31)26(27)16-19/h9-15,17H,16H2,1-8H3. The first-order valence-electron chi connectivity index (χ1n) is 11.5. The fraction of sp³-hybridized carbons (Fsp3) is 0.379. The topological polar surface area (TPSA) is 0 Å². The average Bonchev–Trinajstić information content (AvgIpc) is 2.93. The number of benzene rings is 2. The molecule has 1 heterocycles. The van der Waals surface area contributed by atoms with Gasteiger partial charge in [0.1, 0.15) is 0 Å². The lowest BCUT2D eigenvalue weighted by Gasteiger charge is -2.29. The van der Waals surface area contributed by atoms with Crippen molar-refractivity contribution in [2.45, 2.75) is 72.6 Å². The van der Waals surface area contributed by atoms with E-state index < -0.39 is 6.69 Å². The molecule has 4 rings (SSSR count). The summed E-state index contributed by atoms with van der Waals surface area (Å²) in [6.45, 7) is 15.4. The van der Waals surface area contributed by atoms with Gasteiger partial charge in [0, 0.05) is 0 Å². The maximum Gasteiger partial charge on any atom is 0.308 e. The van der Waals surface area contributed by atoms with Gasteiger partial charge < -0.3 is 0 Å². The summed E-state index contributed by atoms with van der Waals surface area (Å²) in [5, 5.41) is 2.38. The van der Waals surface area contributed by atoms with Gasteiger partial charge >= 0.3 is 6.69 Å². The fourth-order valence-electron chi connectivity index (χ4n) is 4.65. The highest BCUT2D eigenvalue weighted by atomic mass is 35.7. The van der Waals surface area contributed by atoms with Crippen molar-refractivity contribution in [1.82, 2.24) is 0 Å². The summed E-state index contributed by atoms with van der Waals surface area (Å²) >= 11 is 14.4. The summed E-state index contributed by atoms with van der Waals surface area (Å²) in [5.41, 5.74) is 10.5. The maximum absolute atomic E-state index is 7.20. The highest BCUT2D eigenvalue weighted by molar-refractivity contribution is 7.54. The third-order valence-electron chi connectivity index (χ3n) is 6.79. The molecule has 0 atom stereocenters. The molecule has 0 saturated carbocycles. The van der Waals surface area contributed by atoms with E-state index in [0.717, 1.165) is 11.6 Å². The Bertz CT molecular complexity index is 1160. The molecule has 0 radical (unpaired) electrons. The number of allylic oxidation sites excluding steroid dienone is 6. The molecule has 0 aromatic heterocycles. The van der Waals surface area contributed by atoms with Crippen LogP contribution in [0, 0.1) is 0 Å². The first kappa shape index (κ1) is 23.6. The second-order valence-electron chi connectivity index (χ2n) is 11.5. The van der Waals surface area contributed by atoms with Crippen molar-refractivity contribution in [1.29, 1.82) is 0 Å². The Morgan fingerprint density at radius 3 is 1.94 bits per heavy atom. The number of hydrogen-bond acceptors (Lipinski definition) is 0. The molecular weight excluding hydrogens is 447 g/mol. The Labute approximate surface area is 204 Å². The van der Waals surface area contributed by atoms with Crippen LogP contribution >= 0.6 is 22.2 Å². The molecule has 1 aliphatic heterocycles. The van der Waals surface area contributed by atoms with Crippen LogP contribution in [0.2, 0.25) is 0 Å². The van der Waals surface area contributed by atoms with E-state index in [-0.39, 0.29) is 10.8 Å². The molecule has 0 amide bonds. The first-order chi connectivity index (χ1) is 14.7. The number of fused-ring (bicyclic) bond motifs is 2. The van der Waals surface area contributed by atoms with E-state index in [1.807, 2.05) is 0 Å². The number of halogens is 2. The van der Waals surface area contributed by atoms with Gasteiger partial charge in [-0.05, 0) is 80.5 Å². The van der Waals surface area contributed by atoms with Crippen LogP contribution in [0.15, 0.2) is 64.9 Å². The average molecular weight is 482 g/mol. The molecular formula is C29H34Cl2Si. The first-order valence-corrected chi connectivity index (χ1v) is 15.5. The van der Waals surface area contributed by atoms with E-state index in [0.29, 0.717) is 0 Å². The van der Waals surface area contributed by atoms with Gasteiger partial charge in [-0.15, -0.1) is 22.2 Å². The van der Waals surface area contributed by atoms with Gasteiger partial charge in [-0.25, -0.2) is 0 Å². The van der Waals surface area contributed by atoms with Crippen LogP contribution in [-0.4, -0.2) is 6.69 Å². The van der Waals surface area contributed by atoms with Gasteiger partial charge in [0.2, 0.25) is 0 Å². The second-order valence-corrected chi connectivity index (χ2v) is 17.8. The summed E-state index contributed by atoms with van der Waals surface area (Å²) in [5.74, 6) is 0. The Balaban J connectivity index is 2.05. The van der Waals surface area contributed by atoms with Crippen molar-refractivity contribution in [3.8, 4) is 0 Å². The van der Waals surface area contributed by atoms with E-state index in [1.54, 1.807) is 0 Å². The summed E-state index contributed by atoms with van der Waals surface area (Å²) in [4.78, 5) is 0. The molecule has 0 bridgehead atoms. The van der Waals surface area contributed by atoms with Crippen LogP contribution < -0.4 is 5.19 Å². The molecule has 0 unspecified atom stereocenters. The van der Waals surface area contributed by atoms with E-state index in [9.17, 15) is 0 Å². The van der Waals surface area contributed by atoms with Gasteiger partial charge in [-0.2, -0.15) is 0 Å². The molecule has 0 fully saturated rings. The maximum atomic E-state index is 7.20. The number of rotatable bonds is 1. The van der Waals surface area contributed by atoms with Crippen molar-refractivity contribution in [2.75, 3.05) is 0 Å². The monoisotopic (exact) mass is 480 g/mol. The van der Waals surface area contributed by atoms with Gasteiger partial charge in [0.25, 0.3) is 0 Å². The molecule has 0 spiro atoms. The van der Waals surface area contributed by atoms with Crippen molar-refractivity contribution in [3.05, 3.63) is 87.1 Å². The van der Waals surface area contributed by atoms with Crippen molar-refractivity contribution < 1.29 is 0 Å². The zero-order valence-electron chi connectivity index (χ0n) is 20.6. The largest absolute Gasteiger partial charge is 0.308 e. The van der Waals surface area contributed by atoms with Crippen LogP contribution in [0.4, 0.5) is 0 Å². The lowest BCUT2D eigenvalue weighted by Crippen LogP contribution is -2.36. The summed E-state index contributed by atoms with van der Waals surface area (Å²) in [6, 6.07) is 15.6. The fourth-order valence-corrected chi connectivity index (χ4v) is 8.78. The normalized spacial score (nSPS) is 17.8. The van der Waals surface area contributed by atoms with E-state index in [2.05, 4.69) is 104 Å². The SMILES string of the molecule is CC(C)=C1C=C(c2cc(C(C)(C)C)cc(C(C)(C)C)c2)C2=C(C1)[Si](Cl)(Cl)c1ccccc12. The Kier molecular flexibility index (Phi) is 5.72. The minimum absolute atomic E-state index is 0.0624. The van der Waals surface area contributed by atoms with E-state index in [1.165, 1.54) is 49.7 Å². The van der Waals surface area contributed by atoms with Crippen LogP contribution in [0.5, 0.6) is 0 Å². The molecule has 2 aromatic rings. The predicted octanol–water partition coefficient (Wildman–Crippen LogP) is 8.54. The third kappa shape index (κ3) is 3.98. The molecule has 32 heavy (non-hydrogen) atoms. The highest BCUT2D eigenvalue weighted by Gasteiger charge is 2.47. The highest BCUT2D eigenvalue weighted by Crippen LogP contribution is 2.51. The molecule has 168 valence electrons. The van der Waals surface area contributed by atoms with Crippen LogP contribution in [0.3, 0.4) is 0 Å². The Morgan fingerprint density at radius 1 is 0.844 bits per heavy atom. The quantitative estimate of drug-likeness (QED) is 0.283. The minimum atomic E-state index is -2.74. The van der Waals surface area contributed by atoms with E-state index >= 15 is 0 Å². The zero-order chi connectivity index (χ0) is 23.6. The summed E-state index contributed by atoms with van der Waals surface area (Å²) < 4.78 is 0. The van der Waals surface area contributed by atoms with Crippen molar-refractivity contribution in [3.63, 3.8) is 0 Å². The Morgan fingerprint density at radius 2 is 1.41 bits per heavy atom. The van der Waals surface area contributed by atoms with Gasteiger partial charge in [-0.3, -0.25) is 0 Å². The van der Waals surface area contributed by atoms with Gasteiger partial charge in [0.05, 0.1) is 0 Å². The van der Waals surface area contributed by atoms with Crippen molar-refractivity contribution >= 4 is 45.2 Å². The molecule has 0 nitrogen and oxygen atoms in total. The predicted molar refractivity (Wildman–Crippen MR) is 145 cm³/mol. The smallest absolute Gasteiger partial charge is 0.134 e. The van der Waals surface area contributed by atoms with Crippen LogP contribution in [-0.2, 0) is 10.8 Å². The van der Waals surface area contributed by atoms with Crippen molar-refractivity contribution in [2.24, 2.45) is 0 Å². The van der Waals surface area contributed by atoms with Crippen LogP contribution in [0.25, 0.3) is 11.1 Å². The van der Waals surface area contributed by atoms with E-state index in [4.69, 9.17) is 22.2 Å². The minimum Gasteiger partial charge on any atom is -0.134 e. The third-order valence-corrected chi connectivity index (χ3v) is 11.7. The second kappa shape index (κ2) is 7.76. The van der Waals surface area contributed by atoms with Gasteiger partial charge in [0.15, 0.2) is 0 Å². The zero-order valence-corrected chi connectivity index (χ0v) is 23.1. The summed E-state index contributed by atoms with van der Waals surface area (Å²) in [7, 11) is 0. The number of hydrogen-bond donors (Lipinski definition) is 0. The molecule has 2 aliphatic rings. The Hall–Kier alpha value is -1.54. The molecule has 1 aliphatic carbocycles. The molecule has 3 heteroatoms. The summed E-state index contributed by atoms with van der Waals surface area (Å²) in [6.07, 6.45) is 3.24. The lowest BCUT2D eigenvalue weighted by atomic mass is 9.77. The molecule has 2 aromatic carbocycles. The van der Waals surface area contributed by atoms with Crippen LogP contribution in [0.1, 0.15) is 84.1 Å². The molecule has 0 saturated heterocycles. The lowest BCUT2D eigenvalue weighted by molar-refractivity contribution is 0.568.